The molecule has 0 aromatic carbocycles. The van der Waals surface area contributed by atoms with Gasteiger partial charge in [0.2, 0.25) is 0 Å². The molecule has 1 N–H and O–H groups in total. The van der Waals surface area contributed by atoms with Gasteiger partial charge in [0.15, 0.2) is 11.7 Å². The Kier molecular flexibility index (Phi) is 7.01. The average molecular weight is 541 g/mol. The number of carbonyl (C=O) groups is 4. The Hall–Kier alpha value is -2.43. The van der Waals surface area contributed by atoms with Crippen LogP contribution in [-0.2, 0) is 42.9 Å². The number of carbonyl (C=O) groups excluding carboxylic acids is 4. The number of alkyl halides is 1. The molecule has 0 aromatic heterocycles. The molecule has 1 saturated carbocycles. The van der Waals surface area contributed by atoms with Crippen LogP contribution in [0.2, 0.25) is 0 Å². The van der Waals surface area contributed by atoms with Gasteiger partial charge < -0.3 is 28.8 Å². The van der Waals surface area contributed by atoms with Gasteiger partial charge in [-0.1, -0.05) is 19.6 Å². The summed E-state index contributed by atoms with van der Waals surface area (Å²) in [7, 11) is 0. The van der Waals surface area contributed by atoms with Gasteiger partial charge in [0.1, 0.15) is 18.3 Å². The first-order valence-corrected chi connectivity index (χ1v) is 12.7. The summed E-state index contributed by atoms with van der Waals surface area (Å²) in [5.74, 6) is -4.66. The van der Waals surface area contributed by atoms with E-state index in [1.807, 2.05) is 0 Å². The van der Waals surface area contributed by atoms with Crippen molar-refractivity contribution in [2.24, 2.45) is 17.3 Å². The topological polar surface area (TPSA) is 138 Å². The molecular formula is C26H33ClO10. The highest BCUT2D eigenvalue weighted by Crippen LogP contribution is 2.62. The SMILES string of the molecule is C=C1/C=C/[C@@H](OC(C)=O)[C@@]2(C)[C@H](C(OC(C)=O)[C@@]3(O)[C@H](C)C(=O)O[C@@H]3[C@@H]1Cl)[C@]1(CC[C@H]2OC(C)=O)CO1. The second kappa shape index (κ2) is 9.39. The molecule has 0 radical (unpaired) electrons. The number of hydrogen-bond donors (Lipinski definition) is 1. The summed E-state index contributed by atoms with van der Waals surface area (Å²) in [6, 6.07) is 0. The van der Waals surface area contributed by atoms with Crippen molar-refractivity contribution < 1.29 is 48.0 Å². The van der Waals surface area contributed by atoms with Gasteiger partial charge in [-0.25, -0.2) is 0 Å². The fourth-order valence-electron chi connectivity index (χ4n) is 6.49. The van der Waals surface area contributed by atoms with Crippen LogP contribution in [0.1, 0.15) is 47.5 Å². The largest absolute Gasteiger partial charge is 0.462 e. The molecule has 2 aliphatic carbocycles. The molecule has 2 heterocycles. The van der Waals surface area contributed by atoms with Crippen LogP contribution in [0.15, 0.2) is 24.3 Å². The van der Waals surface area contributed by atoms with Gasteiger partial charge in [0.25, 0.3) is 0 Å². The highest BCUT2D eigenvalue weighted by molar-refractivity contribution is 6.23. The fraction of sp³-hybridized carbons (Fsp3) is 0.692. The Morgan fingerprint density at radius 3 is 2.27 bits per heavy atom. The highest BCUT2D eigenvalue weighted by Gasteiger charge is 2.75. The summed E-state index contributed by atoms with van der Waals surface area (Å²) < 4.78 is 29.0. The van der Waals surface area contributed by atoms with Crippen molar-refractivity contribution >= 4 is 35.5 Å². The minimum Gasteiger partial charge on any atom is -0.462 e. The lowest BCUT2D eigenvalue weighted by molar-refractivity contribution is -0.238. The summed E-state index contributed by atoms with van der Waals surface area (Å²) in [5.41, 5.74) is -4.05. The van der Waals surface area contributed by atoms with Crippen molar-refractivity contribution in [2.75, 3.05) is 6.61 Å². The smallest absolute Gasteiger partial charge is 0.312 e. The number of esters is 4. The number of rotatable bonds is 3. The van der Waals surface area contributed by atoms with E-state index in [-0.39, 0.29) is 12.2 Å². The van der Waals surface area contributed by atoms with Crippen molar-refractivity contribution in [1.29, 1.82) is 0 Å². The Morgan fingerprint density at radius 1 is 1.14 bits per heavy atom. The van der Waals surface area contributed by atoms with E-state index in [0.717, 1.165) is 0 Å². The first-order chi connectivity index (χ1) is 17.2. The number of allylic oxidation sites excluding steroid dienone is 1. The highest BCUT2D eigenvalue weighted by atomic mass is 35.5. The Bertz CT molecular complexity index is 1050. The van der Waals surface area contributed by atoms with Crippen molar-refractivity contribution in [1.82, 2.24) is 0 Å². The van der Waals surface area contributed by atoms with E-state index in [1.165, 1.54) is 33.8 Å². The molecule has 10 atom stereocenters. The molecule has 10 nitrogen and oxygen atoms in total. The maximum Gasteiger partial charge on any atom is 0.312 e. The lowest BCUT2D eigenvalue weighted by atomic mass is 9.53. The number of epoxide rings is 1. The van der Waals surface area contributed by atoms with Gasteiger partial charge in [-0.2, -0.15) is 0 Å². The summed E-state index contributed by atoms with van der Waals surface area (Å²) in [4.78, 5) is 49.9. The quantitative estimate of drug-likeness (QED) is 0.245. The van der Waals surface area contributed by atoms with Crippen molar-refractivity contribution in [3.05, 3.63) is 24.3 Å². The van der Waals surface area contributed by atoms with Crippen LogP contribution in [-0.4, -0.2) is 76.6 Å². The van der Waals surface area contributed by atoms with Crippen molar-refractivity contribution in [3.8, 4) is 0 Å². The van der Waals surface area contributed by atoms with E-state index in [2.05, 4.69) is 6.58 Å². The fourth-order valence-corrected chi connectivity index (χ4v) is 6.82. The summed E-state index contributed by atoms with van der Waals surface area (Å²) in [5, 5.41) is 11.3. The third kappa shape index (κ3) is 4.36. The second-order valence-corrected chi connectivity index (χ2v) is 11.2. The number of hydrogen-bond acceptors (Lipinski definition) is 10. The van der Waals surface area contributed by atoms with Gasteiger partial charge in [-0.3, -0.25) is 19.2 Å². The molecule has 4 aliphatic rings. The Labute approximate surface area is 220 Å². The standard InChI is InChI=1S/C26H33ClO10/c1-12-7-8-17(34-14(3)28)24(6)18(35-15(4)29)9-10-25(11-33-25)20(24)22(36-16(5)30)26(32)13(2)23(31)37-21(26)19(12)27/h7-8,13,17-22,32H,1,9-11H2,2-6H3/b8-7+/t13-,17-,18-,19-,20+,21-,22?,24-,25+,26-/m1/s1. The molecule has 204 valence electrons. The molecule has 1 unspecified atom stereocenters. The Balaban J connectivity index is 2.04. The molecule has 1 spiro atoms. The van der Waals surface area contributed by atoms with E-state index < -0.39 is 82.1 Å². The average Bonchev–Trinajstić information content (AvgIpc) is 3.53. The van der Waals surface area contributed by atoms with Crippen LogP contribution in [0, 0.1) is 17.3 Å². The zero-order valence-electron chi connectivity index (χ0n) is 21.5. The second-order valence-electron chi connectivity index (χ2n) is 10.7. The molecule has 4 rings (SSSR count). The molecule has 0 aromatic rings. The third-order valence-electron chi connectivity index (χ3n) is 8.39. The van der Waals surface area contributed by atoms with Gasteiger partial charge in [0.05, 0.1) is 28.9 Å². The van der Waals surface area contributed by atoms with Crippen LogP contribution >= 0.6 is 11.6 Å². The van der Waals surface area contributed by atoms with Crippen LogP contribution in [0.5, 0.6) is 0 Å². The van der Waals surface area contributed by atoms with Crippen LogP contribution in [0.4, 0.5) is 0 Å². The normalized spacial score (nSPS) is 45.6. The van der Waals surface area contributed by atoms with Gasteiger partial charge in [-0.05, 0) is 31.4 Å². The van der Waals surface area contributed by atoms with E-state index in [4.69, 9.17) is 35.3 Å². The first kappa shape index (κ1) is 27.6. The zero-order chi connectivity index (χ0) is 27.5. The molecular weight excluding hydrogens is 508 g/mol. The minimum atomic E-state index is -2.12. The summed E-state index contributed by atoms with van der Waals surface area (Å²) >= 11 is 6.70. The van der Waals surface area contributed by atoms with Crippen molar-refractivity contribution in [2.45, 2.75) is 88.5 Å². The van der Waals surface area contributed by atoms with E-state index in [1.54, 1.807) is 13.0 Å². The summed E-state index contributed by atoms with van der Waals surface area (Å²) in [6.07, 6.45) is -0.716. The van der Waals surface area contributed by atoms with Gasteiger partial charge in [-0.15, -0.1) is 11.6 Å². The molecule has 37 heavy (non-hydrogen) atoms. The number of fused-ring (bicyclic) bond motifs is 3. The number of ether oxygens (including phenoxy) is 5. The van der Waals surface area contributed by atoms with Gasteiger partial charge >= 0.3 is 23.9 Å². The van der Waals surface area contributed by atoms with Gasteiger partial charge in [0, 0.05) is 26.7 Å². The molecule has 2 saturated heterocycles. The molecule has 0 amide bonds. The number of halogens is 1. The van der Waals surface area contributed by atoms with E-state index in [9.17, 15) is 24.3 Å². The number of aliphatic hydroxyl groups is 1. The Morgan fingerprint density at radius 2 is 1.73 bits per heavy atom. The maximum atomic E-state index is 12.9. The summed E-state index contributed by atoms with van der Waals surface area (Å²) in [6.45, 7) is 11.1. The molecule has 3 fully saturated rings. The van der Waals surface area contributed by atoms with E-state index >= 15 is 0 Å². The lowest BCUT2D eigenvalue weighted by Crippen LogP contribution is -2.70. The monoisotopic (exact) mass is 540 g/mol. The first-order valence-electron chi connectivity index (χ1n) is 12.3. The van der Waals surface area contributed by atoms with Crippen LogP contribution in [0.25, 0.3) is 0 Å². The molecule has 0 bridgehead atoms. The predicted molar refractivity (Wildman–Crippen MR) is 128 cm³/mol. The van der Waals surface area contributed by atoms with Crippen LogP contribution < -0.4 is 0 Å². The lowest BCUT2D eigenvalue weighted by Gasteiger charge is -2.56. The maximum absolute atomic E-state index is 12.9. The third-order valence-corrected chi connectivity index (χ3v) is 8.90. The molecule has 11 heteroatoms. The predicted octanol–water partition coefficient (Wildman–Crippen LogP) is 1.99. The minimum absolute atomic E-state index is 0.259. The zero-order valence-corrected chi connectivity index (χ0v) is 22.3. The molecule has 2 aliphatic heterocycles. The van der Waals surface area contributed by atoms with E-state index in [0.29, 0.717) is 12.8 Å². The van der Waals surface area contributed by atoms with Crippen LogP contribution in [0.3, 0.4) is 0 Å². The van der Waals surface area contributed by atoms with Crippen molar-refractivity contribution in [3.63, 3.8) is 0 Å².